The quantitative estimate of drug-likeness (QED) is 0.873. The molecule has 1 aliphatic heterocycles. The summed E-state index contributed by atoms with van der Waals surface area (Å²) < 4.78 is 3.18. The first kappa shape index (κ1) is 16.3. The minimum Gasteiger partial charge on any atom is -0.338 e. The number of nitrogens with two attached hydrogens (primary N) is 1. The number of carbonyl (C=O) groups is 1. The third kappa shape index (κ3) is 3.21. The fourth-order valence-electron chi connectivity index (χ4n) is 3.24. The maximum absolute atomic E-state index is 12.8. The van der Waals surface area contributed by atoms with E-state index in [1.165, 1.54) is 0 Å². The Bertz CT molecular complexity index is 713. The van der Waals surface area contributed by atoms with Crippen molar-refractivity contribution in [2.24, 2.45) is 5.73 Å². The highest BCUT2D eigenvalue weighted by Crippen LogP contribution is 2.24. The van der Waals surface area contributed by atoms with E-state index in [-0.39, 0.29) is 11.9 Å². The van der Waals surface area contributed by atoms with E-state index in [1.807, 2.05) is 36.9 Å². The van der Waals surface area contributed by atoms with Gasteiger partial charge in [0.15, 0.2) is 0 Å². The van der Waals surface area contributed by atoms with Crippen LogP contribution >= 0.6 is 15.9 Å². The molecule has 23 heavy (non-hydrogen) atoms. The Labute approximate surface area is 145 Å². The summed E-state index contributed by atoms with van der Waals surface area (Å²) in [6.07, 6.45) is 1.77. The van der Waals surface area contributed by atoms with Crippen LogP contribution in [0.4, 0.5) is 0 Å². The normalized spacial score (nSPS) is 15.9. The monoisotopic (exact) mass is 375 g/mol. The van der Waals surface area contributed by atoms with Gasteiger partial charge < -0.3 is 15.2 Å². The molecule has 1 aliphatic rings. The van der Waals surface area contributed by atoms with Crippen LogP contribution in [0, 0.1) is 13.8 Å². The first-order chi connectivity index (χ1) is 11.0. The van der Waals surface area contributed by atoms with Crippen molar-refractivity contribution in [3.63, 3.8) is 0 Å². The summed E-state index contributed by atoms with van der Waals surface area (Å²) in [6, 6.07) is 10.4. The average molecular weight is 376 g/mol. The SMILES string of the molecule is Cc1cc(C(=O)N2CCC(N)CC2)c(C)n1-c1ccc(Br)cc1. The number of rotatable bonds is 2. The predicted molar refractivity (Wildman–Crippen MR) is 96.1 cm³/mol. The zero-order chi connectivity index (χ0) is 16.6. The van der Waals surface area contributed by atoms with E-state index in [2.05, 4.69) is 32.6 Å². The Hall–Kier alpha value is -1.59. The second kappa shape index (κ2) is 6.49. The van der Waals surface area contributed by atoms with Gasteiger partial charge >= 0.3 is 0 Å². The van der Waals surface area contributed by atoms with E-state index in [0.717, 1.165) is 53.0 Å². The number of aryl methyl sites for hydroxylation is 1. The number of aromatic nitrogens is 1. The highest BCUT2D eigenvalue weighted by molar-refractivity contribution is 9.10. The molecule has 0 radical (unpaired) electrons. The van der Waals surface area contributed by atoms with E-state index < -0.39 is 0 Å². The number of hydrogen-bond acceptors (Lipinski definition) is 2. The van der Waals surface area contributed by atoms with Crippen molar-refractivity contribution < 1.29 is 4.79 Å². The molecule has 0 bridgehead atoms. The van der Waals surface area contributed by atoms with Crippen LogP contribution in [0.1, 0.15) is 34.6 Å². The largest absolute Gasteiger partial charge is 0.338 e. The van der Waals surface area contributed by atoms with Crippen molar-refractivity contribution >= 4 is 21.8 Å². The number of halogens is 1. The van der Waals surface area contributed by atoms with Gasteiger partial charge in [-0.05, 0) is 57.0 Å². The van der Waals surface area contributed by atoms with Gasteiger partial charge in [0, 0.05) is 40.7 Å². The summed E-state index contributed by atoms with van der Waals surface area (Å²) in [5.41, 5.74) is 9.86. The van der Waals surface area contributed by atoms with E-state index in [4.69, 9.17) is 5.73 Å². The molecule has 2 N–H and O–H groups in total. The van der Waals surface area contributed by atoms with Gasteiger partial charge in [0.1, 0.15) is 0 Å². The standard InChI is InChI=1S/C18H22BrN3O/c1-12-11-17(18(23)21-9-7-15(20)8-10-21)13(2)22(12)16-5-3-14(19)4-6-16/h3-6,11,15H,7-10,20H2,1-2H3. The van der Waals surface area contributed by atoms with Crippen LogP contribution in [0.5, 0.6) is 0 Å². The van der Waals surface area contributed by atoms with Crippen LogP contribution in [0.3, 0.4) is 0 Å². The molecule has 1 saturated heterocycles. The number of hydrogen-bond donors (Lipinski definition) is 1. The van der Waals surface area contributed by atoms with Gasteiger partial charge in [0.2, 0.25) is 0 Å². The Morgan fingerprint density at radius 3 is 2.39 bits per heavy atom. The van der Waals surface area contributed by atoms with Crippen LogP contribution < -0.4 is 5.73 Å². The number of likely N-dealkylation sites (tertiary alicyclic amines) is 1. The molecule has 0 saturated carbocycles. The number of amides is 1. The summed E-state index contributed by atoms with van der Waals surface area (Å²) in [7, 11) is 0. The third-order valence-electron chi connectivity index (χ3n) is 4.57. The number of carbonyl (C=O) groups excluding carboxylic acids is 1. The smallest absolute Gasteiger partial charge is 0.255 e. The van der Waals surface area contributed by atoms with Gasteiger partial charge in [-0.3, -0.25) is 4.79 Å². The van der Waals surface area contributed by atoms with Gasteiger partial charge in [0.25, 0.3) is 5.91 Å². The molecule has 0 spiro atoms. The summed E-state index contributed by atoms with van der Waals surface area (Å²) >= 11 is 3.46. The summed E-state index contributed by atoms with van der Waals surface area (Å²) in [4.78, 5) is 14.8. The van der Waals surface area contributed by atoms with Crippen LogP contribution in [-0.4, -0.2) is 34.5 Å². The van der Waals surface area contributed by atoms with E-state index in [1.54, 1.807) is 0 Å². The molecule has 1 aromatic heterocycles. The number of benzene rings is 1. The second-order valence-corrected chi connectivity index (χ2v) is 7.14. The number of nitrogens with zero attached hydrogens (tertiary/aromatic N) is 2. The lowest BCUT2D eigenvalue weighted by Gasteiger charge is -2.30. The average Bonchev–Trinajstić information content (AvgIpc) is 2.83. The summed E-state index contributed by atoms with van der Waals surface area (Å²) in [6.45, 7) is 5.56. The molecule has 1 fully saturated rings. The third-order valence-corrected chi connectivity index (χ3v) is 5.10. The molecule has 5 heteroatoms. The molecular formula is C18H22BrN3O. The van der Waals surface area contributed by atoms with Crippen molar-refractivity contribution in [3.8, 4) is 5.69 Å². The molecule has 4 nitrogen and oxygen atoms in total. The zero-order valence-electron chi connectivity index (χ0n) is 13.6. The molecule has 0 unspecified atom stereocenters. The molecule has 3 rings (SSSR count). The molecule has 2 aromatic rings. The predicted octanol–water partition coefficient (Wildman–Crippen LogP) is 3.42. The van der Waals surface area contributed by atoms with E-state index in [0.29, 0.717) is 0 Å². The lowest BCUT2D eigenvalue weighted by Crippen LogP contribution is -2.42. The first-order valence-electron chi connectivity index (χ1n) is 7.97. The maximum Gasteiger partial charge on any atom is 0.255 e. The highest BCUT2D eigenvalue weighted by Gasteiger charge is 2.25. The minimum absolute atomic E-state index is 0.119. The molecular weight excluding hydrogens is 354 g/mol. The highest BCUT2D eigenvalue weighted by atomic mass is 79.9. The maximum atomic E-state index is 12.8. The van der Waals surface area contributed by atoms with Crippen LogP contribution in [0.15, 0.2) is 34.8 Å². The Balaban J connectivity index is 1.91. The lowest BCUT2D eigenvalue weighted by atomic mass is 10.1. The van der Waals surface area contributed by atoms with Gasteiger partial charge in [-0.15, -0.1) is 0 Å². The van der Waals surface area contributed by atoms with Crippen molar-refractivity contribution in [1.29, 1.82) is 0 Å². The van der Waals surface area contributed by atoms with Crippen molar-refractivity contribution in [1.82, 2.24) is 9.47 Å². The fraction of sp³-hybridized carbons (Fsp3) is 0.389. The van der Waals surface area contributed by atoms with Crippen molar-refractivity contribution in [3.05, 3.63) is 51.8 Å². The van der Waals surface area contributed by atoms with Gasteiger partial charge in [-0.1, -0.05) is 15.9 Å². The molecule has 1 amide bonds. The number of piperidine rings is 1. The Morgan fingerprint density at radius 2 is 1.78 bits per heavy atom. The zero-order valence-corrected chi connectivity index (χ0v) is 15.1. The van der Waals surface area contributed by atoms with Crippen LogP contribution in [0.25, 0.3) is 5.69 Å². The van der Waals surface area contributed by atoms with Gasteiger partial charge in [-0.2, -0.15) is 0 Å². The Kier molecular flexibility index (Phi) is 4.60. The summed E-state index contributed by atoms with van der Waals surface area (Å²) in [5.74, 6) is 0.119. The topological polar surface area (TPSA) is 51.3 Å². The van der Waals surface area contributed by atoms with Crippen molar-refractivity contribution in [2.75, 3.05) is 13.1 Å². The van der Waals surface area contributed by atoms with Crippen LogP contribution in [-0.2, 0) is 0 Å². The molecule has 1 aromatic carbocycles. The Morgan fingerprint density at radius 1 is 1.17 bits per heavy atom. The molecule has 0 aliphatic carbocycles. The molecule has 2 heterocycles. The molecule has 122 valence electrons. The minimum atomic E-state index is 0.119. The first-order valence-corrected chi connectivity index (χ1v) is 8.76. The fourth-order valence-corrected chi connectivity index (χ4v) is 3.50. The van der Waals surface area contributed by atoms with Gasteiger partial charge in [0.05, 0.1) is 5.56 Å². The van der Waals surface area contributed by atoms with E-state index in [9.17, 15) is 4.79 Å². The van der Waals surface area contributed by atoms with E-state index >= 15 is 0 Å². The van der Waals surface area contributed by atoms with Crippen molar-refractivity contribution in [2.45, 2.75) is 32.7 Å². The lowest BCUT2D eigenvalue weighted by molar-refractivity contribution is 0.0714. The summed E-state index contributed by atoms with van der Waals surface area (Å²) in [5, 5.41) is 0. The van der Waals surface area contributed by atoms with Gasteiger partial charge in [-0.25, -0.2) is 0 Å². The second-order valence-electron chi connectivity index (χ2n) is 6.23. The van der Waals surface area contributed by atoms with Crippen LogP contribution in [0.2, 0.25) is 0 Å². The molecule has 0 atom stereocenters.